The first-order valence-corrected chi connectivity index (χ1v) is 25.6. The van der Waals surface area contributed by atoms with Crippen molar-refractivity contribution in [1.82, 2.24) is 4.57 Å². The number of hydrogen-bond donors (Lipinski definition) is 0. The number of rotatable bonds is 6. The number of fused-ring (bicyclic) bond motifs is 8. The van der Waals surface area contributed by atoms with Crippen LogP contribution in [-0.4, -0.2) is 4.57 Å². The summed E-state index contributed by atoms with van der Waals surface area (Å²) in [7, 11) is 0. The minimum absolute atomic E-state index is 0.0202. The van der Waals surface area contributed by atoms with Gasteiger partial charge in [0.15, 0.2) is 0 Å². The maximum Gasteiger partial charge on any atom is 0.0603 e. The molecule has 1 spiro atoms. The molecule has 3 heteroatoms. The van der Waals surface area contributed by atoms with Gasteiger partial charge in [0.1, 0.15) is 0 Å². The summed E-state index contributed by atoms with van der Waals surface area (Å²) in [5, 5.41) is 5.31. The van der Waals surface area contributed by atoms with Crippen molar-refractivity contribution in [1.29, 1.82) is 0 Å². The monoisotopic (exact) mass is 892 g/mol. The zero-order valence-electron chi connectivity index (χ0n) is 38.6. The van der Waals surface area contributed by atoms with Gasteiger partial charge in [0, 0.05) is 47.7 Å². The van der Waals surface area contributed by atoms with Gasteiger partial charge in [-0.3, -0.25) is 0 Å². The first-order valence-electron chi connectivity index (χ1n) is 24.8. The highest BCUT2D eigenvalue weighted by atomic mass is 32.1. The van der Waals surface area contributed by atoms with Gasteiger partial charge >= 0.3 is 0 Å². The van der Waals surface area contributed by atoms with Crippen LogP contribution in [0.5, 0.6) is 0 Å². The van der Waals surface area contributed by atoms with Crippen LogP contribution in [0.3, 0.4) is 0 Å². The smallest absolute Gasteiger partial charge is 0.0603 e. The lowest BCUT2D eigenvalue weighted by Crippen LogP contribution is -2.53. The molecule has 0 unspecified atom stereocenters. The van der Waals surface area contributed by atoms with E-state index in [9.17, 15) is 0 Å². The fraction of sp³-hybridized carbons (Fsp3) is 0.169. The summed E-state index contributed by atoms with van der Waals surface area (Å²) < 4.78 is 5.30. The van der Waals surface area contributed by atoms with Gasteiger partial charge in [0.25, 0.3) is 0 Å². The third-order valence-electron chi connectivity index (χ3n) is 16.4. The Kier molecular flexibility index (Phi) is 9.05. The van der Waals surface area contributed by atoms with Crippen molar-refractivity contribution in [3.05, 3.63) is 217 Å². The molecule has 68 heavy (non-hydrogen) atoms. The number of nitrogens with zero attached hydrogens (tertiary/aromatic N) is 2. The van der Waals surface area contributed by atoms with Crippen LogP contribution in [0.25, 0.3) is 81.0 Å². The van der Waals surface area contributed by atoms with Crippen LogP contribution < -0.4 is 4.90 Å². The Hall–Kier alpha value is -7.20. The Morgan fingerprint density at radius 2 is 1.01 bits per heavy atom. The first-order chi connectivity index (χ1) is 33.5. The van der Waals surface area contributed by atoms with Crippen LogP contribution in [0.1, 0.15) is 50.7 Å². The van der Waals surface area contributed by atoms with Gasteiger partial charge in [-0.05, 0) is 148 Å². The van der Waals surface area contributed by atoms with Crippen LogP contribution in [-0.2, 0) is 5.41 Å². The van der Waals surface area contributed by atoms with E-state index in [4.69, 9.17) is 0 Å². The number of aromatic nitrogens is 1. The minimum atomic E-state index is -0.0202. The van der Waals surface area contributed by atoms with Gasteiger partial charge in [0.2, 0.25) is 0 Å². The highest BCUT2D eigenvalue weighted by Crippen LogP contribution is 2.65. The predicted octanol–water partition coefficient (Wildman–Crippen LogP) is 18.3. The lowest BCUT2D eigenvalue weighted by molar-refractivity contribution is 0.0271. The fourth-order valence-electron chi connectivity index (χ4n) is 13.9. The molecule has 2 fully saturated rings. The SMILES string of the molecule is C[C@H]1C[C@@H]2C[C@@H](C)C[C@H](C1)C21c2ccccc2-n2c3ccccc3c3c(N(c4ccc(-c5ccccc5)cc4)c4ccc(-c5ccccc5-c5cccc6sc7ccccc7c56)cc4)ccc1c32. The van der Waals surface area contributed by atoms with Gasteiger partial charge in [0.05, 0.1) is 22.4 Å². The molecule has 2 bridgehead atoms. The molecule has 3 heterocycles. The molecule has 1 aliphatic heterocycles. The first kappa shape index (κ1) is 39.9. The Balaban J connectivity index is 0.985. The summed E-state index contributed by atoms with van der Waals surface area (Å²) in [6, 6.07) is 77.8. The van der Waals surface area contributed by atoms with Gasteiger partial charge in [-0.1, -0.05) is 166 Å². The molecule has 328 valence electrons. The third-order valence-corrected chi connectivity index (χ3v) is 17.5. The molecule has 2 aromatic heterocycles. The van der Waals surface area contributed by atoms with Crippen molar-refractivity contribution in [3.8, 4) is 39.1 Å². The van der Waals surface area contributed by atoms with Gasteiger partial charge in [-0.25, -0.2) is 0 Å². The van der Waals surface area contributed by atoms with Crippen LogP contribution in [0.4, 0.5) is 17.1 Å². The second-order valence-corrected chi connectivity index (χ2v) is 21.3. The number of anilines is 3. The second-order valence-electron chi connectivity index (χ2n) is 20.3. The predicted molar refractivity (Wildman–Crippen MR) is 289 cm³/mol. The molecule has 3 aliphatic rings. The summed E-state index contributed by atoms with van der Waals surface area (Å²) in [5.41, 5.74) is 18.0. The van der Waals surface area contributed by atoms with E-state index in [0.29, 0.717) is 11.8 Å². The van der Waals surface area contributed by atoms with E-state index < -0.39 is 0 Å². The van der Waals surface area contributed by atoms with E-state index in [1.165, 1.54) is 112 Å². The fourth-order valence-corrected chi connectivity index (χ4v) is 15.0. The molecule has 2 saturated carbocycles. The molecule has 2 nitrogen and oxygen atoms in total. The molecule has 11 aromatic rings. The summed E-state index contributed by atoms with van der Waals surface area (Å²) in [6.07, 6.45) is 5.14. The number of hydrogen-bond acceptors (Lipinski definition) is 2. The molecule has 9 aromatic carbocycles. The van der Waals surface area contributed by atoms with Crippen LogP contribution >= 0.6 is 11.3 Å². The molecule has 0 amide bonds. The maximum atomic E-state index is 2.65. The summed E-state index contributed by atoms with van der Waals surface area (Å²) in [4.78, 5) is 2.54. The Morgan fingerprint density at radius 1 is 0.441 bits per heavy atom. The molecule has 0 N–H and O–H groups in total. The van der Waals surface area contributed by atoms with Gasteiger partial charge in [-0.2, -0.15) is 0 Å². The molecule has 2 aliphatic carbocycles. The van der Waals surface area contributed by atoms with Crippen molar-refractivity contribution in [3.63, 3.8) is 0 Å². The minimum Gasteiger partial charge on any atom is -0.310 e. The van der Waals surface area contributed by atoms with E-state index in [2.05, 4.69) is 230 Å². The topological polar surface area (TPSA) is 8.17 Å². The lowest BCUT2D eigenvalue weighted by Gasteiger charge is -2.59. The molecular weight excluding hydrogens is 841 g/mol. The molecular formula is C65H52N2S. The van der Waals surface area contributed by atoms with E-state index in [1.54, 1.807) is 11.1 Å². The molecule has 14 rings (SSSR count). The molecule has 0 radical (unpaired) electrons. The Labute approximate surface area is 402 Å². The van der Waals surface area contributed by atoms with Crippen molar-refractivity contribution < 1.29 is 0 Å². The van der Waals surface area contributed by atoms with Gasteiger partial charge < -0.3 is 9.47 Å². The maximum absolute atomic E-state index is 2.65. The summed E-state index contributed by atoms with van der Waals surface area (Å²) >= 11 is 1.88. The van der Waals surface area contributed by atoms with Gasteiger partial charge in [-0.15, -0.1) is 11.3 Å². The largest absolute Gasteiger partial charge is 0.310 e. The average molecular weight is 893 g/mol. The number of benzene rings is 9. The van der Waals surface area contributed by atoms with E-state index in [0.717, 1.165) is 23.2 Å². The average Bonchev–Trinajstić information content (AvgIpc) is 3.94. The van der Waals surface area contributed by atoms with Crippen LogP contribution in [0.2, 0.25) is 0 Å². The van der Waals surface area contributed by atoms with E-state index in [-0.39, 0.29) is 5.41 Å². The highest BCUT2D eigenvalue weighted by molar-refractivity contribution is 7.25. The van der Waals surface area contributed by atoms with Crippen LogP contribution in [0.15, 0.2) is 206 Å². The van der Waals surface area contributed by atoms with Crippen LogP contribution in [0, 0.1) is 23.7 Å². The van der Waals surface area contributed by atoms with Crippen molar-refractivity contribution in [2.45, 2.75) is 44.9 Å². The molecule has 0 saturated heterocycles. The van der Waals surface area contributed by atoms with Crippen molar-refractivity contribution in [2.24, 2.45) is 23.7 Å². The van der Waals surface area contributed by atoms with Crippen molar-refractivity contribution >= 4 is 70.4 Å². The highest BCUT2D eigenvalue weighted by Gasteiger charge is 2.57. The zero-order valence-corrected chi connectivity index (χ0v) is 39.4. The third kappa shape index (κ3) is 5.81. The summed E-state index contributed by atoms with van der Waals surface area (Å²) in [5.74, 6) is 2.69. The normalized spacial score (nSPS) is 20.6. The lowest BCUT2D eigenvalue weighted by atomic mass is 9.46. The van der Waals surface area contributed by atoms with Crippen molar-refractivity contribution in [2.75, 3.05) is 4.90 Å². The second kappa shape index (κ2) is 15.4. The standard InChI is InChI=1S/C65H52N2S/c1-41-37-46-39-42(2)40-47(38-41)65(46)55-22-10-12-24-58(55)67-57-23-11-8-19-53(57)63-59(36-35-56(65)64(63)67)66(48-31-27-44(28-32-48)43-15-4-3-5-16-43)49-33-29-45(30-34-49)50-17-6-7-18-51(50)52-21-14-26-61-62(52)54-20-9-13-25-60(54)68-61/h3-36,41-42,46-47H,37-40H2,1-2H3/t41-,42+,46+,47-,65?. The number of para-hydroxylation sites is 2. The quantitative estimate of drug-likeness (QED) is 0.161. The summed E-state index contributed by atoms with van der Waals surface area (Å²) in [6.45, 7) is 5.04. The van der Waals surface area contributed by atoms with E-state index >= 15 is 0 Å². The number of thiophene rings is 1. The zero-order chi connectivity index (χ0) is 45.1. The molecule has 0 atom stereocenters. The Morgan fingerprint density at radius 3 is 1.76 bits per heavy atom. The Bertz CT molecular complexity index is 3710. The van der Waals surface area contributed by atoms with E-state index in [1.807, 2.05) is 11.3 Å².